The number of H-pyrrole nitrogens is 1. The van der Waals surface area contributed by atoms with Gasteiger partial charge >= 0.3 is 0 Å². The number of aromatic nitrogens is 3. The molecule has 0 saturated heterocycles. The summed E-state index contributed by atoms with van der Waals surface area (Å²) in [5.41, 5.74) is 1.65. The Hall–Kier alpha value is -2.12. The van der Waals surface area contributed by atoms with E-state index in [9.17, 15) is 4.39 Å². The van der Waals surface area contributed by atoms with Crippen molar-refractivity contribution in [3.63, 3.8) is 0 Å². The minimum atomic E-state index is -0.303. The standard InChI is InChI=1S/C15H10BrFN4S/c16-12-5-1-10(2-6-12)9-18-21-14(19-20-15(21)22)11-3-7-13(17)8-4-11/h1-9H,(H,20,22)/b18-9-. The molecule has 3 aromatic rings. The highest BCUT2D eigenvalue weighted by molar-refractivity contribution is 9.10. The molecule has 0 bridgehead atoms. The minimum Gasteiger partial charge on any atom is -0.250 e. The van der Waals surface area contributed by atoms with Crippen molar-refractivity contribution < 1.29 is 4.39 Å². The maximum absolute atomic E-state index is 13.0. The number of benzene rings is 2. The van der Waals surface area contributed by atoms with Gasteiger partial charge in [0.1, 0.15) is 5.82 Å². The molecule has 0 atom stereocenters. The molecule has 1 aromatic heterocycles. The van der Waals surface area contributed by atoms with Crippen LogP contribution in [0.25, 0.3) is 11.4 Å². The lowest BCUT2D eigenvalue weighted by Crippen LogP contribution is -1.95. The summed E-state index contributed by atoms with van der Waals surface area (Å²) in [5.74, 6) is 0.223. The van der Waals surface area contributed by atoms with Crippen LogP contribution in [0.15, 0.2) is 58.1 Å². The number of nitrogens with one attached hydrogen (secondary N) is 1. The number of rotatable bonds is 3. The highest BCUT2D eigenvalue weighted by Crippen LogP contribution is 2.17. The van der Waals surface area contributed by atoms with E-state index in [1.54, 1.807) is 18.3 Å². The number of aromatic amines is 1. The molecule has 2 aromatic carbocycles. The first kappa shape index (κ1) is 14.8. The normalized spacial score (nSPS) is 11.2. The molecule has 110 valence electrons. The Morgan fingerprint density at radius 2 is 1.82 bits per heavy atom. The fourth-order valence-electron chi connectivity index (χ4n) is 1.86. The molecule has 0 amide bonds. The maximum atomic E-state index is 13.0. The first-order valence-corrected chi connectivity index (χ1v) is 7.57. The molecule has 0 radical (unpaired) electrons. The molecular weight excluding hydrogens is 367 g/mol. The van der Waals surface area contributed by atoms with Gasteiger partial charge in [0, 0.05) is 10.0 Å². The zero-order valence-corrected chi connectivity index (χ0v) is 13.6. The van der Waals surface area contributed by atoms with Gasteiger partial charge in [0.25, 0.3) is 0 Å². The van der Waals surface area contributed by atoms with E-state index in [4.69, 9.17) is 12.2 Å². The van der Waals surface area contributed by atoms with Gasteiger partial charge in [-0.1, -0.05) is 28.1 Å². The summed E-state index contributed by atoms with van der Waals surface area (Å²) >= 11 is 8.57. The van der Waals surface area contributed by atoms with Gasteiger partial charge in [-0.05, 0) is 54.2 Å². The van der Waals surface area contributed by atoms with Crippen LogP contribution in [0.4, 0.5) is 4.39 Å². The Morgan fingerprint density at radius 1 is 1.14 bits per heavy atom. The second-order valence-electron chi connectivity index (χ2n) is 4.47. The Kier molecular flexibility index (Phi) is 4.26. The van der Waals surface area contributed by atoms with Gasteiger partial charge in [0.05, 0.1) is 6.21 Å². The summed E-state index contributed by atoms with van der Waals surface area (Å²) < 4.78 is 15.9. The van der Waals surface area contributed by atoms with Crippen LogP contribution in [0, 0.1) is 10.6 Å². The molecular formula is C15H10BrFN4S. The highest BCUT2D eigenvalue weighted by atomic mass is 79.9. The first-order valence-electron chi connectivity index (χ1n) is 6.37. The van der Waals surface area contributed by atoms with Crippen molar-refractivity contribution >= 4 is 34.4 Å². The molecule has 0 fully saturated rings. The second-order valence-corrected chi connectivity index (χ2v) is 5.77. The van der Waals surface area contributed by atoms with Gasteiger partial charge in [0.15, 0.2) is 5.82 Å². The third kappa shape index (κ3) is 3.20. The molecule has 0 spiro atoms. The molecule has 1 N–H and O–H groups in total. The van der Waals surface area contributed by atoms with Crippen LogP contribution in [-0.2, 0) is 0 Å². The van der Waals surface area contributed by atoms with Crippen molar-refractivity contribution in [2.24, 2.45) is 5.10 Å². The van der Waals surface area contributed by atoms with E-state index in [1.807, 2.05) is 24.3 Å². The molecule has 0 saturated carbocycles. The number of hydrogen-bond acceptors (Lipinski definition) is 3. The predicted molar refractivity (Wildman–Crippen MR) is 89.9 cm³/mol. The number of nitrogens with zero attached hydrogens (tertiary/aromatic N) is 3. The Labute approximate surface area is 139 Å². The average Bonchev–Trinajstić information content (AvgIpc) is 2.89. The van der Waals surface area contributed by atoms with Crippen molar-refractivity contribution in [2.45, 2.75) is 0 Å². The fraction of sp³-hybridized carbons (Fsp3) is 0. The number of hydrogen-bond donors (Lipinski definition) is 1. The third-order valence-electron chi connectivity index (χ3n) is 2.95. The van der Waals surface area contributed by atoms with E-state index in [0.717, 1.165) is 15.6 Å². The maximum Gasteiger partial charge on any atom is 0.216 e. The summed E-state index contributed by atoms with van der Waals surface area (Å²) in [6.45, 7) is 0. The summed E-state index contributed by atoms with van der Waals surface area (Å²) in [5, 5.41) is 11.2. The van der Waals surface area contributed by atoms with Crippen LogP contribution in [0.2, 0.25) is 0 Å². The van der Waals surface area contributed by atoms with E-state index in [-0.39, 0.29) is 5.82 Å². The Bertz CT molecular complexity index is 866. The van der Waals surface area contributed by atoms with Crippen molar-refractivity contribution in [2.75, 3.05) is 0 Å². The van der Waals surface area contributed by atoms with Crippen molar-refractivity contribution in [1.82, 2.24) is 14.9 Å². The topological polar surface area (TPSA) is 46.0 Å². The molecule has 3 rings (SSSR count). The molecule has 0 aliphatic heterocycles. The zero-order chi connectivity index (χ0) is 15.5. The molecule has 1 heterocycles. The summed E-state index contributed by atoms with van der Waals surface area (Å²) in [6, 6.07) is 13.7. The van der Waals surface area contributed by atoms with E-state index in [1.165, 1.54) is 16.8 Å². The van der Waals surface area contributed by atoms with E-state index < -0.39 is 0 Å². The van der Waals surface area contributed by atoms with E-state index in [0.29, 0.717) is 10.6 Å². The van der Waals surface area contributed by atoms with Crippen LogP contribution >= 0.6 is 28.1 Å². The zero-order valence-electron chi connectivity index (χ0n) is 11.2. The lowest BCUT2D eigenvalue weighted by molar-refractivity contribution is 0.628. The van der Waals surface area contributed by atoms with Crippen LogP contribution in [-0.4, -0.2) is 21.1 Å². The molecule has 0 unspecified atom stereocenters. The van der Waals surface area contributed by atoms with Gasteiger partial charge in [-0.15, -0.1) is 0 Å². The fourth-order valence-corrected chi connectivity index (χ4v) is 2.30. The van der Waals surface area contributed by atoms with Crippen molar-refractivity contribution in [3.8, 4) is 11.4 Å². The number of halogens is 2. The minimum absolute atomic E-state index is 0.303. The smallest absolute Gasteiger partial charge is 0.216 e. The van der Waals surface area contributed by atoms with Crippen LogP contribution < -0.4 is 0 Å². The quantitative estimate of drug-likeness (QED) is 0.544. The van der Waals surface area contributed by atoms with Crippen LogP contribution in [0.3, 0.4) is 0 Å². The third-order valence-corrected chi connectivity index (χ3v) is 3.74. The van der Waals surface area contributed by atoms with E-state index >= 15 is 0 Å². The lowest BCUT2D eigenvalue weighted by atomic mass is 10.2. The van der Waals surface area contributed by atoms with Gasteiger partial charge in [0.2, 0.25) is 4.77 Å². The largest absolute Gasteiger partial charge is 0.250 e. The molecule has 7 heteroatoms. The van der Waals surface area contributed by atoms with Gasteiger partial charge in [-0.25, -0.2) is 9.49 Å². The first-order chi connectivity index (χ1) is 10.6. The Morgan fingerprint density at radius 3 is 2.50 bits per heavy atom. The van der Waals surface area contributed by atoms with Gasteiger partial charge in [-0.3, -0.25) is 0 Å². The lowest BCUT2D eigenvalue weighted by Gasteiger charge is -2.01. The Balaban J connectivity index is 1.97. The predicted octanol–water partition coefficient (Wildman–Crippen LogP) is 4.39. The monoisotopic (exact) mass is 376 g/mol. The highest BCUT2D eigenvalue weighted by Gasteiger charge is 2.07. The average molecular weight is 377 g/mol. The SMILES string of the molecule is Fc1ccc(-c2n[nH]c(=S)n2/N=C\c2ccc(Br)cc2)cc1. The van der Waals surface area contributed by atoms with Gasteiger partial charge in [-0.2, -0.15) is 14.9 Å². The van der Waals surface area contributed by atoms with Crippen molar-refractivity contribution in [3.05, 3.63) is 69.2 Å². The van der Waals surface area contributed by atoms with Gasteiger partial charge < -0.3 is 0 Å². The molecule has 0 aliphatic carbocycles. The second kappa shape index (κ2) is 6.33. The summed E-state index contributed by atoms with van der Waals surface area (Å²) in [4.78, 5) is 0. The van der Waals surface area contributed by atoms with Crippen LogP contribution in [0.1, 0.15) is 5.56 Å². The summed E-state index contributed by atoms with van der Waals surface area (Å²) in [6.07, 6.45) is 1.69. The molecule has 0 aliphatic rings. The van der Waals surface area contributed by atoms with Crippen LogP contribution in [0.5, 0.6) is 0 Å². The van der Waals surface area contributed by atoms with Crippen molar-refractivity contribution in [1.29, 1.82) is 0 Å². The van der Waals surface area contributed by atoms with E-state index in [2.05, 4.69) is 31.2 Å². The molecule has 22 heavy (non-hydrogen) atoms. The summed E-state index contributed by atoms with van der Waals surface area (Å²) in [7, 11) is 0. The molecule has 4 nitrogen and oxygen atoms in total.